The summed E-state index contributed by atoms with van der Waals surface area (Å²) in [5, 5.41) is 21.0. The molecule has 2 aromatic rings. The van der Waals surface area contributed by atoms with Crippen LogP contribution in [0.4, 0.5) is 5.69 Å². The first-order valence-corrected chi connectivity index (χ1v) is 5.92. The molecule has 0 aliphatic rings. The molecule has 0 heterocycles. The zero-order valence-electron chi connectivity index (χ0n) is 10.8. The van der Waals surface area contributed by atoms with Crippen LogP contribution in [0.5, 0.6) is 5.75 Å². The van der Waals surface area contributed by atoms with Crippen LogP contribution >= 0.6 is 0 Å². The van der Waals surface area contributed by atoms with Gasteiger partial charge in [0.05, 0.1) is 5.56 Å². The molecule has 0 unspecified atom stereocenters. The molecule has 0 saturated carbocycles. The van der Waals surface area contributed by atoms with Gasteiger partial charge in [-0.2, -0.15) is 0 Å². The molecule has 3 N–H and O–H groups in total. The SMILES string of the molecule is Cc1c(NC(=O)c2cccc(O)c2)cccc1C(=O)O. The van der Waals surface area contributed by atoms with E-state index in [0.29, 0.717) is 16.8 Å². The summed E-state index contributed by atoms with van der Waals surface area (Å²) >= 11 is 0. The Morgan fingerprint density at radius 3 is 2.45 bits per heavy atom. The fourth-order valence-electron chi connectivity index (χ4n) is 1.84. The van der Waals surface area contributed by atoms with E-state index in [-0.39, 0.29) is 11.3 Å². The van der Waals surface area contributed by atoms with Crippen molar-refractivity contribution in [3.05, 3.63) is 59.2 Å². The minimum atomic E-state index is -1.05. The summed E-state index contributed by atoms with van der Waals surface area (Å²) in [5.41, 5.74) is 1.34. The van der Waals surface area contributed by atoms with Crippen molar-refractivity contribution in [2.75, 3.05) is 5.32 Å². The molecule has 0 atom stereocenters. The Kier molecular flexibility index (Phi) is 3.70. The zero-order valence-corrected chi connectivity index (χ0v) is 10.8. The summed E-state index contributed by atoms with van der Waals surface area (Å²) in [5.74, 6) is -1.46. The number of hydrogen-bond donors (Lipinski definition) is 3. The summed E-state index contributed by atoms with van der Waals surface area (Å²) in [6.07, 6.45) is 0. The highest BCUT2D eigenvalue weighted by molar-refractivity contribution is 6.05. The molecule has 0 fully saturated rings. The third-order valence-corrected chi connectivity index (χ3v) is 2.92. The smallest absolute Gasteiger partial charge is 0.336 e. The highest BCUT2D eigenvalue weighted by Crippen LogP contribution is 2.20. The Morgan fingerprint density at radius 1 is 1.10 bits per heavy atom. The van der Waals surface area contributed by atoms with Crippen LogP contribution < -0.4 is 5.32 Å². The molecule has 0 saturated heterocycles. The maximum Gasteiger partial charge on any atom is 0.336 e. The van der Waals surface area contributed by atoms with Crippen LogP contribution in [0.15, 0.2) is 42.5 Å². The first-order chi connectivity index (χ1) is 9.49. The number of phenolic OH excluding ortho intramolecular Hbond substituents is 1. The molecule has 0 radical (unpaired) electrons. The third-order valence-electron chi connectivity index (χ3n) is 2.92. The average molecular weight is 271 g/mol. The molecule has 5 heteroatoms. The van der Waals surface area contributed by atoms with Crippen LogP contribution in [0.2, 0.25) is 0 Å². The second-order valence-corrected chi connectivity index (χ2v) is 4.29. The highest BCUT2D eigenvalue weighted by Gasteiger charge is 2.13. The van der Waals surface area contributed by atoms with Crippen LogP contribution in [-0.2, 0) is 0 Å². The lowest BCUT2D eigenvalue weighted by Gasteiger charge is -2.10. The van der Waals surface area contributed by atoms with E-state index in [0.717, 1.165) is 0 Å². The first kappa shape index (κ1) is 13.6. The van der Waals surface area contributed by atoms with Crippen molar-refractivity contribution in [1.82, 2.24) is 0 Å². The van der Waals surface area contributed by atoms with Gasteiger partial charge in [-0.05, 0) is 42.8 Å². The molecule has 0 spiro atoms. The Labute approximate surface area is 115 Å². The van der Waals surface area contributed by atoms with E-state index >= 15 is 0 Å². The number of carboxylic acid groups (broad SMARTS) is 1. The number of carbonyl (C=O) groups excluding carboxylic acids is 1. The van der Waals surface area contributed by atoms with Gasteiger partial charge in [0.1, 0.15) is 5.75 Å². The zero-order chi connectivity index (χ0) is 14.7. The third kappa shape index (κ3) is 2.77. The molecule has 0 aliphatic heterocycles. The minimum absolute atomic E-state index is 0.00587. The van der Waals surface area contributed by atoms with Gasteiger partial charge in [0, 0.05) is 11.3 Å². The van der Waals surface area contributed by atoms with Gasteiger partial charge in [0.25, 0.3) is 5.91 Å². The normalized spacial score (nSPS) is 10.1. The van der Waals surface area contributed by atoms with Crippen molar-refractivity contribution >= 4 is 17.6 Å². The molecule has 0 bridgehead atoms. The van der Waals surface area contributed by atoms with E-state index < -0.39 is 11.9 Å². The van der Waals surface area contributed by atoms with Crippen molar-refractivity contribution in [3.8, 4) is 5.75 Å². The predicted octanol–water partition coefficient (Wildman–Crippen LogP) is 2.65. The summed E-state index contributed by atoms with van der Waals surface area (Å²) in [7, 11) is 0. The van der Waals surface area contributed by atoms with Gasteiger partial charge in [0.2, 0.25) is 0 Å². The molecule has 0 aliphatic carbocycles. The van der Waals surface area contributed by atoms with E-state index in [1.54, 1.807) is 31.2 Å². The van der Waals surface area contributed by atoms with E-state index in [2.05, 4.69) is 5.32 Å². The second kappa shape index (κ2) is 5.44. The molecule has 2 rings (SSSR count). The predicted molar refractivity (Wildman–Crippen MR) is 74.2 cm³/mol. The van der Waals surface area contributed by atoms with Crippen molar-refractivity contribution in [2.24, 2.45) is 0 Å². The Morgan fingerprint density at radius 2 is 1.80 bits per heavy atom. The van der Waals surface area contributed by atoms with E-state index in [1.807, 2.05) is 0 Å². The van der Waals surface area contributed by atoms with Crippen molar-refractivity contribution in [2.45, 2.75) is 6.92 Å². The fourth-order valence-corrected chi connectivity index (χ4v) is 1.84. The lowest BCUT2D eigenvalue weighted by Crippen LogP contribution is -2.14. The lowest BCUT2D eigenvalue weighted by molar-refractivity contribution is 0.0695. The summed E-state index contributed by atoms with van der Waals surface area (Å²) < 4.78 is 0. The number of carbonyl (C=O) groups is 2. The monoisotopic (exact) mass is 271 g/mol. The van der Waals surface area contributed by atoms with Crippen LogP contribution in [0.1, 0.15) is 26.3 Å². The van der Waals surface area contributed by atoms with Gasteiger partial charge < -0.3 is 15.5 Å². The quantitative estimate of drug-likeness (QED) is 0.801. The molecule has 0 aromatic heterocycles. The van der Waals surface area contributed by atoms with Gasteiger partial charge >= 0.3 is 5.97 Å². The number of phenols is 1. The Bertz CT molecular complexity index is 679. The molecular weight excluding hydrogens is 258 g/mol. The number of carboxylic acids is 1. The highest BCUT2D eigenvalue weighted by atomic mass is 16.4. The number of rotatable bonds is 3. The van der Waals surface area contributed by atoms with E-state index in [9.17, 15) is 14.7 Å². The molecule has 1 amide bonds. The fraction of sp³-hybridized carbons (Fsp3) is 0.0667. The maximum absolute atomic E-state index is 12.0. The maximum atomic E-state index is 12.0. The van der Waals surface area contributed by atoms with Crippen LogP contribution in [0.3, 0.4) is 0 Å². The van der Waals surface area contributed by atoms with Crippen LogP contribution in [0.25, 0.3) is 0 Å². The number of aromatic carboxylic acids is 1. The lowest BCUT2D eigenvalue weighted by atomic mass is 10.1. The number of hydrogen-bond acceptors (Lipinski definition) is 3. The molecule has 102 valence electrons. The van der Waals surface area contributed by atoms with Gasteiger partial charge in [-0.3, -0.25) is 4.79 Å². The number of aromatic hydroxyl groups is 1. The number of benzene rings is 2. The summed E-state index contributed by atoms with van der Waals surface area (Å²) in [6, 6.07) is 10.6. The number of anilines is 1. The summed E-state index contributed by atoms with van der Waals surface area (Å²) in [6.45, 7) is 1.63. The molecular formula is C15H13NO4. The average Bonchev–Trinajstić information content (AvgIpc) is 2.40. The molecule has 20 heavy (non-hydrogen) atoms. The summed E-state index contributed by atoms with van der Waals surface area (Å²) in [4.78, 5) is 23.1. The van der Waals surface area contributed by atoms with Gasteiger partial charge in [-0.25, -0.2) is 4.79 Å². The van der Waals surface area contributed by atoms with Crippen molar-refractivity contribution in [1.29, 1.82) is 0 Å². The first-order valence-electron chi connectivity index (χ1n) is 5.92. The molecule has 5 nitrogen and oxygen atoms in total. The van der Waals surface area contributed by atoms with Crippen LogP contribution in [0, 0.1) is 6.92 Å². The number of nitrogens with one attached hydrogen (secondary N) is 1. The Balaban J connectivity index is 2.29. The van der Waals surface area contributed by atoms with Crippen molar-refractivity contribution in [3.63, 3.8) is 0 Å². The largest absolute Gasteiger partial charge is 0.508 e. The van der Waals surface area contributed by atoms with Gasteiger partial charge in [-0.1, -0.05) is 12.1 Å². The van der Waals surface area contributed by atoms with Gasteiger partial charge in [-0.15, -0.1) is 0 Å². The van der Waals surface area contributed by atoms with Crippen LogP contribution in [-0.4, -0.2) is 22.1 Å². The standard InChI is InChI=1S/C15H13NO4/c1-9-12(15(19)20)6-3-7-13(9)16-14(18)10-4-2-5-11(17)8-10/h2-8,17H,1H3,(H,16,18)(H,19,20). The Hall–Kier alpha value is -2.82. The molecule has 2 aromatic carbocycles. The number of amides is 1. The van der Waals surface area contributed by atoms with Gasteiger partial charge in [0.15, 0.2) is 0 Å². The van der Waals surface area contributed by atoms with Crippen molar-refractivity contribution < 1.29 is 19.8 Å². The van der Waals surface area contributed by atoms with E-state index in [4.69, 9.17) is 5.11 Å². The second-order valence-electron chi connectivity index (χ2n) is 4.29. The topological polar surface area (TPSA) is 86.6 Å². The minimum Gasteiger partial charge on any atom is -0.508 e. The van der Waals surface area contributed by atoms with E-state index in [1.165, 1.54) is 18.2 Å².